The number of fused-ring (bicyclic) bond motifs is 1. The highest BCUT2D eigenvalue weighted by Gasteiger charge is 2.31. The molecule has 142 valence electrons. The van der Waals surface area contributed by atoms with E-state index in [2.05, 4.69) is 10.3 Å². The summed E-state index contributed by atoms with van der Waals surface area (Å²) < 4.78 is 25.2. The molecular formula is C19H22N4O3S. The molecule has 8 heteroatoms. The van der Waals surface area contributed by atoms with Crippen molar-refractivity contribution >= 4 is 21.6 Å². The molecule has 1 saturated heterocycles. The summed E-state index contributed by atoms with van der Waals surface area (Å²) in [5, 5.41) is 3.34. The second-order valence-corrected chi connectivity index (χ2v) is 8.84. The molecule has 1 amide bonds. The van der Waals surface area contributed by atoms with Gasteiger partial charge >= 0.3 is 0 Å². The van der Waals surface area contributed by atoms with Crippen molar-refractivity contribution in [2.75, 3.05) is 36.7 Å². The number of carbonyl (C=O) groups excluding carboxylic acids is 1. The lowest BCUT2D eigenvalue weighted by Gasteiger charge is -2.36. The average Bonchev–Trinajstić information content (AvgIpc) is 3.12. The van der Waals surface area contributed by atoms with Gasteiger partial charge in [0.2, 0.25) is 10.0 Å². The summed E-state index contributed by atoms with van der Waals surface area (Å²) in [6, 6.07) is 9.11. The van der Waals surface area contributed by atoms with Crippen LogP contribution in [0.5, 0.6) is 0 Å². The molecule has 0 radical (unpaired) electrons. The van der Waals surface area contributed by atoms with Crippen molar-refractivity contribution in [3.05, 3.63) is 59.4 Å². The largest absolute Gasteiger partial charge is 0.329 e. The number of nitrogens with zero attached hydrogens (tertiary/aromatic N) is 3. The second-order valence-electron chi connectivity index (χ2n) is 6.93. The Hall–Kier alpha value is -2.45. The first-order valence-electron chi connectivity index (χ1n) is 8.97. The maximum atomic E-state index is 13.2. The number of piperazine rings is 1. The van der Waals surface area contributed by atoms with Gasteiger partial charge in [0.25, 0.3) is 5.91 Å². The highest BCUT2D eigenvalue weighted by molar-refractivity contribution is 7.92. The molecule has 1 fully saturated rings. The predicted octanol–water partition coefficient (Wildman–Crippen LogP) is 1.19. The highest BCUT2D eigenvalue weighted by Crippen LogP contribution is 2.32. The van der Waals surface area contributed by atoms with Gasteiger partial charge in [-0.15, -0.1) is 0 Å². The zero-order chi connectivity index (χ0) is 19.0. The number of aromatic nitrogens is 1. The van der Waals surface area contributed by atoms with E-state index in [1.165, 1.54) is 10.6 Å². The Bertz CT molecular complexity index is 962. The van der Waals surface area contributed by atoms with Crippen LogP contribution < -0.4 is 9.62 Å². The second kappa shape index (κ2) is 6.94. The molecule has 0 saturated carbocycles. The maximum absolute atomic E-state index is 13.2. The van der Waals surface area contributed by atoms with E-state index in [9.17, 15) is 13.2 Å². The van der Waals surface area contributed by atoms with Crippen molar-refractivity contribution in [2.45, 2.75) is 12.5 Å². The van der Waals surface area contributed by atoms with E-state index in [1.54, 1.807) is 24.5 Å². The molecule has 4 rings (SSSR count). The molecule has 2 aliphatic rings. The van der Waals surface area contributed by atoms with Gasteiger partial charge in [-0.25, -0.2) is 8.42 Å². The van der Waals surface area contributed by atoms with Crippen molar-refractivity contribution in [3.8, 4) is 0 Å². The SMILES string of the molecule is CS(=O)(=O)N1CCc2cc(C(=O)N3CCNCC3c3cccnc3)ccc21. The van der Waals surface area contributed by atoms with Crippen LogP contribution in [0.1, 0.15) is 27.5 Å². The third-order valence-electron chi connectivity index (χ3n) is 5.15. The molecule has 1 unspecified atom stereocenters. The molecule has 1 aromatic heterocycles. The number of amides is 1. The minimum Gasteiger partial charge on any atom is -0.329 e. The standard InChI is InChI=1S/C19H22N4O3S/c1-27(25,26)23-9-6-14-11-15(4-5-17(14)23)19(24)22-10-8-21-13-18(22)16-3-2-7-20-12-16/h2-5,7,11-12,18,21H,6,8-10,13H2,1H3. The summed E-state index contributed by atoms with van der Waals surface area (Å²) in [5.74, 6) is -0.0361. The fourth-order valence-corrected chi connectivity index (χ4v) is 4.79. The molecule has 1 aromatic carbocycles. The summed E-state index contributed by atoms with van der Waals surface area (Å²) in [6.07, 6.45) is 5.35. The van der Waals surface area contributed by atoms with Crippen molar-refractivity contribution in [3.63, 3.8) is 0 Å². The Morgan fingerprint density at radius 1 is 1.26 bits per heavy atom. The molecule has 1 atom stereocenters. The van der Waals surface area contributed by atoms with Gasteiger partial charge in [0.15, 0.2) is 0 Å². The van der Waals surface area contributed by atoms with Crippen LogP contribution in [0.2, 0.25) is 0 Å². The van der Waals surface area contributed by atoms with Crippen LogP contribution >= 0.6 is 0 Å². The number of nitrogens with one attached hydrogen (secondary N) is 1. The Balaban J connectivity index is 1.63. The van der Waals surface area contributed by atoms with Crippen LogP contribution in [0.15, 0.2) is 42.7 Å². The summed E-state index contributed by atoms with van der Waals surface area (Å²) >= 11 is 0. The minimum atomic E-state index is -3.29. The summed E-state index contributed by atoms with van der Waals surface area (Å²) in [6.45, 7) is 2.47. The van der Waals surface area contributed by atoms with Crippen LogP contribution in [-0.2, 0) is 16.4 Å². The number of hydrogen-bond acceptors (Lipinski definition) is 5. The van der Waals surface area contributed by atoms with E-state index in [-0.39, 0.29) is 11.9 Å². The molecule has 1 N–H and O–H groups in total. The average molecular weight is 386 g/mol. The van der Waals surface area contributed by atoms with Crippen LogP contribution in [0.3, 0.4) is 0 Å². The molecular weight excluding hydrogens is 364 g/mol. The lowest BCUT2D eigenvalue weighted by Crippen LogP contribution is -2.48. The van der Waals surface area contributed by atoms with Gasteiger partial charge in [-0.1, -0.05) is 6.07 Å². The maximum Gasteiger partial charge on any atom is 0.254 e. The van der Waals surface area contributed by atoms with E-state index in [0.29, 0.717) is 37.3 Å². The Morgan fingerprint density at radius 3 is 2.85 bits per heavy atom. The van der Waals surface area contributed by atoms with E-state index in [4.69, 9.17) is 0 Å². The van der Waals surface area contributed by atoms with Gasteiger partial charge in [0.1, 0.15) is 0 Å². The van der Waals surface area contributed by atoms with Gasteiger partial charge < -0.3 is 10.2 Å². The zero-order valence-corrected chi connectivity index (χ0v) is 15.9. The Kier molecular flexibility index (Phi) is 4.61. The van der Waals surface area contributed by atoms with E-state index < -0.39 is 10.0 Å². The number of anilines is 1. The Morgan fingerprint density at radius 2 is 2.11 bits per heavy atom. The normalized spacial score (nSPS) is 19.8. The van der Waals surface area contributed by atoms with Crippen LogP contribution in [0.25, 0.3) is 0 Å². The smallest absolute Gasteiger partial charge is 0.254 e. The van der Waals surface area contributed by atoms with Crippen molar-refractivity contribution in [2.24, 2.45) is 0 Å². The van der Waals surface area contributed by atoms with Crippen molar-refractivity contribution in [1.29, 1.82) is 0 Å². The van der Waals surface area contributed by atoms with Gasteiger partial charge in [-0.3, -0.25) is 14.1 Å². The number of rotatable bonds is 3. The summed E-state index contributed by atoms with van der Waals surface area (Å²) in [7, 11) is -3.29. The molecule has 27 heavy (non-hydrogen) atoms. The van der Waals surface area contributed by atoms with Gasteiger partial charge in [0.05, 0.1) is 18.0 Å². The third-order valence-corrected chi connectivity index (χ3v) is 6.33. The first-order chi connectivity index (χ1) is 12.9. The minimum absolute atomic E-state index is 0.0361. The summed E-state index contributed by atoms with van der Waals surface area (Å²) in [5.41, 5.74) is 3.18. The number of sulfonamides is 1. The van der Waals surface area contributed by atoms with Crippen molar-refractivity contribution in [1.82, 2.24) is 15.2 Å². The zero-order valence-electron chi connectivity index (χ0n) is 15.1. The fourth-order valence-electron chi connectivity index (χ4n) is 3.83. The molecule has 7 nitrogen and oxygen atoms in total. The lowest BCUT2D eigenvalue weighted by atomic mass is 10.0. The molecule has 3 heterocycles. The monoisotopic (exact) mass is 386 g/mol. The highest BCUT2D eigenvalue weighted by atomic mass is 32.2. The Labute approximate surface area is 159 Å². The van der Waals surface area contributed by atoms with Crippen LogP contribution in [0.4, 0.5) is 5.69 Å². The molecule has 2 aromatic rings. The third kappa shape index (κ3) is 3.42. The first kappa shape index (κ1) is 17.9. The molecule has 0 aliphatic carbocycles. The number of hydrogen-bond donors (Lipinski definition) is 1. The molecule has 2 aliphatic heterocycles. The molecule has 0 bridgehead atoms. The van der Waals surface area contributed by atoms with Crippen LogP contribution in [0, 0.1) is 0 Å². The van der Waals surface area contributed by atoms with Crippen molar-refractivity contribution < 1.29 is 13.2 Å². The number of carbonyl (C=O) groups is 1. The first-order valence-corrected chi connectivity index (χ1v) is 10.8. The van der Waals surface area contributed by atoms with E-state index >= 15 is 0 Å². The predicted molar refractivity (Wildman–Crippen MR) is 103 cm³/mol. The molecule has 0 spiro atoms. The van der Waals surface area contributed by atoms with Crippen LogP contribution in [-0.4, -0.2) is 56.6 Å². The fraction of sp³-hybridized carbons (Fsp3) is 0.368. The summed E-state index contributed by atoms with van der Waals surface area (Å²) in [4.78, 5) is 19.3. The van der Waals surface area contributed by atoms with Gasteiger partial charge in [-0.2, -0.15) is 0 Å². The lowest BCUT2D eigenvalue weighted by molar-refractivity contribution is 0.0634. The number of pyridine rings is 1. The quantitative estimate of drug-likeness (QED) is 0.857. The van der Waals surface area contributed by atoms with E-state index in [1.807, 2.05) is 23.1 Å². The van der Waals surface area contributed by atoms with E-state index in [0.717, 1.165) is 17.7 Å². The topological polar surface area (TPSA) is 82.6 Å². The number of benzene rings is 1. The van der Waals surface area contributed by atoms with Gasteiger partial charge in [-0.05, 0) is 41.8 Å². The van der Waals surface area contributed by atoms with Gasteiger partial charge in [0, 0.05) is 44.1 Å².